The normalized spacial score (nSPS) is 12.8. The van der Waals surface area contributed by atoms with E-state index in [-0.39, 0.29) is 25.3 Å². The van der Waals surface area contributed by atoms with Crippen LogP contribution in [0, 0.1) is 11.6 Å². The molecule has 1 aromatic heterocycles. The van der Waals surface area contributed by atoms with Crippen molar-refractivity contribution in [2.24, 2.45) is 0 Å². The summed E-state index contributed by atoms with van der Waals surface area (Å²) in [6.07, 6.45) is 0.480. The highest BCUT2D eigenvalue weighted by molar-refractivity contribution is 5.78. The molecule has 9 heteroatoms. The van der Waals surface area contributed by atoms with Gasteiger partial charge in [-0.25, -0.2) is 13.8 Å². The Morgan fingerprint density at radius 2 is 1.80 bits per heavy atom. The third-order valence-electron chi connectivity index (χ3n) is 6.67. The van der Waals surface area contributed by atoms with Gasteiger partial charge in [0, 0.05) is 38.1 Å². The van der Waals surface area contributed by atoms with Crippen molar-refractivity contribution in [3.8, 4) is 5.75 Å². The number of benzene rings is 3. The van der Waals surface area contributed by atoms with Crippen LogP contribution in [-0.4, -0.2) is 46.3 Å². The number of amides is 1. The molecular weight excluding hydrogens is 514 g/mol. The number of aromatic amines is 1. The van der Waals surface area contributed by atoms with Crippen molar-refractivity contribution in [2.75, 3.05) is 13.2 Å². The Hall–Kier alpha value is -3.82. The number of H-pyrrole nitrogens is 1. The van der Waals surface area contributed by atoms with Gasteiger partial charge in [0.1, 0.15) is 23.2 Å². The fourth-order valence-corrected chi connectivity index (χ4v) is 4.66. The maximum atomic E-state index is 13.8. The van der Waals surface area contributed by atoms with E-state index >= 15 is 0 Å². The minimum Gasteiger partial charge on any atom is -0.494 e. The largest absolute Gasteiger partial charge is 0.494 e. The number of aromatic nitrogens is 2. The number of fused-ring (bicyclic) bond motifs is 1. The second-order valence-corrected chi connectivity index (χ2v) is 9.82. The number of carbonyl (C=O) groups is 1. The topological polar surface area (TPSA) is 99.3 Å². The first-order valence-corrected chi connectivity index (χ1v) is 13.6. The number of hydrogen-bond donors (Lipinski definition) is 4. The zero-order valence-corrected chi connectivity index (χ0v) is 22.8. The monoisotopic (exact) mass is 550 g/mol. The third-order valence-corrected chi connectivity index (χ3v) is 6.67. The second-order valence-electron chi connectivity index (χ2n) is 9.82. The maximum absolute atomic E-state index is 13.8. The number of halogens is 2. The van der Waals surface area contributed by atoms with Gasteiger partial charge in [0.15, 0.2) is 0 Å². The van der Waals surface area contributed by atoms with E-state index in [9.17, 15) is 18.7 Å². The summed E-state index contributed by atoms with van der Waals surface area (Å²) in [7, 11) is 0. The minimum atomic E-state index is -0.993. The van der Waals surface area contributed by atoms with Gasteiger partial charge in [0.2, 0.25) is 5.91 Å². The Morgan fingerprint density at radius 1 is 1.02 bits per heavy atom. The van der Waals surface area contributed by atoms with E-state index in [4.69, 9.17) is 4.74 Å². The number of aliphatic hydroxyl groups excluding tert-OH is 1. The predicted octanol–water partition coefficient (Wildman–Crippen LogP) is 4.61. The molecule has 0 aliphatic rings. The van der Waals surface area contributed by atoms with E-state index in [1.165, 1.54) is 17.7 Å². The zero-order chi connectivity index (χ0) is 28.5. The summed E-state index contributed by atoms with van der Waals surface area (Å²) >= 11 is 0. The Labute approximate surface area is 233 Å². The Morgan fingerprint density at radius 3 is 2.55 bits per heavy atom. The van der Waals surface area contributed by atoms with Gasteiger partial charge in [-0.1, -0.05) is 31.2 Å². The lowest BCUT2D eigenvalue weighted by molar-refractivity contribution is -0.122. The van der Waals surface area contributed by atoms with Gasteiger partial charge in [-0.05, 0) is 60.7 Å². The molecule has 0 fully saturated rings. The lowest BCUT2D eigenvalue weighted by Crippen LogP contribution is -2.48. The smallest absolute Gasteiger partial charge is 0.220 e. The summed E-state index contributed by atoms with van der Waals surface area (Å²) in [6.45, 7) is 5.29. The molecule has 1 amide bonds. The summed E-state index contributed by atoms with van der Waals surface area (Å²) in [5.74, 6) is -0.326. The summed E-state index contributed by atoms with van der Waals surface area (Å²) in [5, 5.41) is 17.1. The van der Waals surface area contributed by atoms with Crippen molar-refractivity contribution in [2.45, 2.75) is 58.2 Å². The Kier molecular flexibility index (Phi) is 10.2. The lowest BCUT2D eigenvalue weighted by Gasteiger charge is -2.25. The molecule has 0 radical (unpaired) electrons. The molecule has 40 heavy (non-hydrogen) atoms. The standard InChI is InChI=1S/C31H36F2N4O3/c1-3-20-6-5-7-21(12-20)18-34-19-29(38)28(15-22-13-23(32)16-24(33)14-22)37-31(39)11-10-30-35-26-9-8-25(40-4-2)17-27(26)36-30/h5-9,12-14,16-17,28-29,34,38H,3-4,10-11,15,18-19H2,1-2H3,(H,35,36)(H,37,39)/t28-,29+/m1/s1. The molecule has 7 nitrogen and oxygen atoms in total. The number of rotatable bonds is 14. The van der Waals surface area contributed by atoms with Gasteiger partial charge in [0.25, 0.3) is 0 Å². The molecule has 0 bridgehead atoms. The van der Waals surface area contributed by atoms with Crippen LogP contribution in [0.25, 0.3) is 11.0 Å². The van der Waals surface area contributed by atoms with E-state index in [1.54, 1.807) is 0 Å². The first kappa shape index (κ1) is 29.2. The molecule has 212 valence electrons. The Bertz CT molecular complexity index is 1400. The fourth-order valence-electron chi connectivity index (χ4n) is 4.66. The van der Waals surface area contributed by atoms with Gasteiger partial charge in [-0.15, -0.1) is 0 Å². The van der Waals surface area contributed by atoms with Gasteiger partial charge in [-0.2, -0.15) is 0 Å². The molecule has 0 spiro atoms. The molecule has 4 rings (SSSR count). The second kappa shape index (κ2) is 14.0. The van der Waals surface area contributed by atoms with Crippen LogP contribution < -0.4 is 15.4 Å². The lowest BCUT2D eigenvalue weighted by atomic mass is 10.00. The van der Waals surface area contributed by atoms with Crippen LogP contribution in [-0.2, 0) is 30.6 Å². The van der Waals surface area contributed by atoms with Gasteiger partial charge >= 0.3 is 0 Å². The average Bonchev–Trinajstić information content (AvgIpc) is 3.33. The van der Waals surface area contributed by atoms with Crippen LogP contribution >= 0.6 is 0 Å². The number of aryl methyl sites for hydroxylation is 2. The number of carbonyl (C=O) groups excluding carboxylic acids is 1. The first-order chi connectivity index (χ1) is 19.3. The SMILES string of the molecule is CCOc1ccc2nc(CCC(=O)N[C@H](Cc3cc(F)cc(F)c3)[C@@H](O)CNCc3cccc(CC)c3)[nH]c2c1. The van der Waals surface area contributed by atoms with Crippen LogP contribution in [0.2, 0.25) is 0 Å². The maximum Gasteiger partial charge on any atom is 0.220 e. The molecule has 0 saturated heterocycles. The number of hydrogen-bond acceptors (Lipinski definition) is 5. The fraction of sp³-hybridized carbons (Fsp3) is 0.355. The van der Waals surface area contributed by atoms with Gasteiger partial charge in [-0.3, -0.25) is 4.79 Å². The van der Waals surface area contributed by atoms with E-state index in [2.05, 4.69) is 39.7 Å². The number of imidazole rings is 1. The van der Waals surface area contributed by atoms with Crippen LogP contribution in [0.3, 0.4) is 0 Å². The number of aliphatic hydroxyl groups is 1. The summed E-state index contributed by atoms with van der Waals surface area (Å²) in [4.78, 5) is 20.7. The molecule has 4 aromatic rings. The van der Waals surface area contributed by atoms with Crippen molar-refractivity contribution in [3.05, 3.63) is 94.8 Å². The van der Waals surface area contributed by atoms with Crippen LogP contribution in [0.15, 0.2) is 60.7 Å². The summed E-state index contributed by atoms with van der Waals surface area (Å²) in [5.41, 5.74) is 4.24. The van der Waals surface area contributed by atoms with Crippen molar-refractivity contribution in [1.82, 2.24) is 20.6 Å². The van der Waals surface area contributed by atoms with Crippen molar-refractivity contribution < 1.29 is 23.4 Å². The van der Waals surface area contributed by atoms with Gasteiger partial charge < -0.3 is 25.5 Å². The third kappa shape index (κ3) is 8.34. The van der Waals surface area contributed by atoms with E-state index < -0.39 is 23.8 Å². The highest BCUT2D eigenvalue weighted by atomic mass is 19.1. The predicted molar refractivity (Wildman–Crippen MR) is 151 cm³/mol. The number of ether oxygens (including phenoxy) is 1. The highest BCUT2D eigenvalue weighted by Crippen LogP contribution is 2.20. The van der Waals surface area contributed by atoms with Crippen LogP contribution in [0.1, 0.15) is 42.8 Å². The molecule has 2 atom stereocenters. The van der Waals surface area contributed by atoms with E-state index in [0.29, 0.717) is 31.0 Å². The van der Waals surface area contributed by atoms with Crippen molar-refractivity contribution in [1.29, 1.82) is 0 Å². The highest BCUT2D eigenvalue weighted by Gasteiger charge is 2.22. The van der Waals surface area contributed by atoms with Gasteiger partial charge in [0.05, 0.1) is 29.8 Å². The quantitative estimate of drug-likeness (QED) is 0.184. The van der Waals surface area contributed by atoms with E-state index in [1.807, 2.05) is 37.3 Å². The van der Waals surface area contributed by atoms with Crippen molar-refractivity contribution in [3.63, 3.8) is 0 Å². The number of nitrogens with one attached hydrogen (secondary N) is 3. The Balaban J connectivity index is 1.38. The van der Waals surface area contributed by atoms with Crippen molar-refractivity contribution >= 4 is 16.9 Å². The molecular formula is C31H36F2N4O3. The molecule has 4 N–H and O–H groups in total. The summed E-state index contributed by atoms with van der Waals surface area (Å²) < 4.78 is 33.2. The average molecular weight is 551 g/mol. The molecule has 0 aliphatic heterocycles. The van der Waals surface area contributed by atoms with Crippen LogP contribution in [0.5, 0.6) is 5.75 Å². The molecule has 0 saturated carbocycles. The number of nitrogens with zero attached hydrogens (tertiary/aromatic N) is 1. The molecule has 1 heterocycles. The molecule has 0 unspecified atom stereocenters. The van der Waals surface area contributed by atoms with E-state index in [0.717, 1.165) is 34.8 Å². The minimum absolute atomic E-state index is 0.0689. The first-order valence-electron chi connectivity index (χ1n) is 13.6. The summed E-state index contributed by atoms with van der Waals surface area (Å²) in [6, 6.07) is 16.2. The van der Waals surface area contributed by atoms with Crippen LogP contribution in [0.4, 0.5) is 8.78 Å². The molecule has 3 aromatic carbocycles. The zero-order valence-electron chi connectivity index (χ0n) is 22.8. The molecule has 0 aliphatic carbocycles.